The highest BCUT2D eigenvalue weighted by molar-refractivity contribution is 7.87. The van der Waals surface area contributed by atoms with Gasteiger partial charge in [-0.1, -0.05) is 70.7 Å². The monoisotopic (exact) mass is 492 g/mol. The molecule has 0 aliphatic heterocycles. The lowest BCUT2D eigenvalue weighted by Crippen LogP contribution is -2.39. The van der Waals surface area contributed by atoms with Crippen molar-refractivity contribution in [2.24, 2.45) is 0 Å². The zero-order valence-corrected chi connectivity index (χ0v) is 18.1. The number of rotatable bonds is 4. The summed E-state index contributed by atoms with van der Waals surface area (Å²) in [5.74, 6) is -0.906. The number of hydrogen-bond donors (Lipinski definition) is 3. The highest BCUT2D eigenvalue weighted by Gasteiger charge is 2.52. The van der Waals surface area contributed by atoms with E-state index in [4.69, 9.17) is 46.4 Å². The summed E-state index contributed by atoms with van der Waals surface area (Å²) in [6, 6.07) is 11.6. The van der Waals surface area contributed by atoms with Crippen LogP contribution in [0.15, 0.2) is 54.6 Å². The van der Waals surface area contributed by atoms with Gasteiger partial charge in [0, 0.05) is 21.7 Å². The molecule has 0 aromatic heterocycles. The molecule has 3 N–H and O–H groups in total. The van der Waals surface area contributed by atoms with Gasteiger partial charge in [0.15, 0.2) is 4.75 Å². The van der Waals surface area contributed by atoms with Gasteiger partial charge in [-0.25, -0.2) is 0 Å². The first-order valence-corrected chi connectivity index (χ1v) is 10.9. The molecule has 29 heavy (non-hydrogen) atoms. The lowest BCUT2D eigenvalue weighted by Gasteiger charge is -2.34. The predicted molar refractivity (Wildman–Crippen MR) is 114 cm³/mol. The summed E-state index contributed by atoms with van der Waals surface area (Å²) in [6.07, 6.45) is 0. The Bertz CT molecular complexity index is 1210. The molecule has 3 aromatic rings. The van der Waals surface area contributed by atoms with Gasteiger partial charge in [-0.05, 0) is 30.3 Å². The van der Waals surface area contributed by atoms with E-state index in [9.17, 15) is 23.2 Å². The van der Waals surface area contributed by atoms with E-state index in [0.717, 1.165) is 18.2 Å². The van der Waals surface area contributed by atoms with Crippen LogP contribution in [-0.2, 0) is 14.9 Å². The minimum atomic E-state index is -5.14. The number of phenolic OH excluding ortho intramolecular Hbond substituents is 2. The summed E-state index contributed by atoms with van der Waals surface area (Å²) in [5.41, 5.74) is -0.719. The van der Waals surface area contributed by atoms with Gasteiger partial charge in [-0.2, -0.15) is 8.42 Å². The molecule has 1 atom stereocenters. The molecule has 0 saturated carbocycles. The summed E-state index contributed by atoms with van der Waals surface area (Å²) in [4.78, 5) is 0. The Balaban J connectivity index is 2.66. The summed E-state index contributed by atoms with van der Waals surface area (Å²) < 4.78 is 33.9. The van der Waals surface area contributed by atoms with Gasteiger partial charge in [0.05, 0.1) is 15.1 Å². The molecular formula is C19H12Cl4O5S. The number of hydrogen-bond acceptors (Lipinski definition) is 4. The molecule has 10 heteroatoms. The summed E-state index contributed by atoms with van der Waals surface area (Å²) >= 11 is 24.8. The van der Waals surface area contributed by atoms with Gasteiger partial charge in [-0.3, -0.25) is 4.55 Å². The van der Waals surface area contributed by atoms with Crippen LogP contribution in [0.2, 0.25) is 20.1 Å². The van der Waals surface area contributed by atoms with Crippen LogP contribution >= 0.6 is 46.4 Å². The average molecular weight is 494 g/mol. The Kier molecular flexibility index (Phi) is 5.98. The second kappa shape index (κ2) is 7.87. The maximum Gasteiger partial charge on any atom is 0.283 e. The minimum Gasteiger partial charge on any atom is -0.508 e. The van der Waals surface area contributed by atoms with E-state index in [1.54, 1.807) is 6.07 Å². The molecule has 0 fully saturated rings. The van der Waals surface area contributed by atoms with Gasteiger partial charge in [0.1, 0.15) is 11.5 Å². The molecular weight excluding hydrogens is 482 g/mol. The Labute approximate surface area is 186 Å². The maximum absolute atomic E-state index is 13.0. The number of phenols is 2. The van der Waals surface area contributed by atoms with Crippen molar-refractivity contribution in [3.05, 3.63) is 91.4 Å². The van der Waals surface area contributed by atoms with E-state index in [1.165, 1.54) is 30.3 Å². The average Bonchev–Trinajstić information content (AvgIpc) is 2.65. The van der Waals surface area contributed by atoms with Crippen molar-refractivity contribution < 1.29 is 23.2 Å². The van der Waals surface area contributed by atoms with E-state index in [2.05, 4.69) is 0 Å². The van der Waals surface area contributed by atoms with Crippen LogP contribution in [0.3, 0.4) is 0 Å². The van der Waals surface area contributed by atoms with E-state index in [0.29, 0.717) is 0 Å². The van der Waals surface area contributed by atoms with Crippen molar-refractivity contribution in [3.8, 4) is 11.5 Å². The van der Waals surface area contributed by atoms with Crippen molar-refractivity contribution in [2.45, 2.75) is 4.75 Å². The molecule has 0 aliphatic rings. The fourth-order valence-electron chi connectivity index (χ4n) is 3.20. The highest BCUT2D eigenvalue weighted by atomic mass is 35.5. The zero-order chi connectivity index (χ0) is 21.6. The molecule has 3 rings (SSSR count). The standard InChI is InChI=1S/C19H12Cl4O5S/c20-14-4-2-1-3-11(14)19(29(26,27)28,13-9-10(24)5-8-16(13)25)12-6-7-15(21)18(23)17(12)22/h1-9,24-25H,(H,26,27,28). The van der Waals surface area contributed by atoms with E-state index in [-0.39, 0.29) is 42.5 Å². The van der Waals surface area contributed by atoms with Gasteiger partial charge in [0.2, 0.25) is 0 Å². The van der Waals surface area contributed by atoms with Gasteiger partial charge < -0.3 is 10.2 Å². The zero-order valence-electron chi connectivity index (χ0n) is 14.3. The van der Waals surface area contributed by atoms with Gasteiger partial charge >= 0.3 is 0 Å². The Morgan fingerprint density at radius 1 is 0.724 bits per heavy atom. The topological polar surface area (TPSA) is 94.8 Å². The minimum absolute atomic E-state index is 0.0453. The largest absolute Gasteiger partial charge is 0.508 e. The van der Waals surface area contributed by atoms with Crippen LogP contribution in [0.1, 0.15) is 16.7 Å². The second-order valence-corrected chi connectivity index (χ2v) is 9.19. The van der Waals surface area contributed by atoms with Crippen LogP contribution in [0.4, 0.5) is 0 Å². The lowest BCUT2D eigenvalue weighted by molar-refractivity contribution is 0.434. The van der Waals surface area contributed by atoms with E-state index < -0.39 is 20.6 Å². The first-order valence-electron chi connectivity index (χ1n) is 7.90. The van der Waals surface area contributed by atoms with Crippen LogP contribution < -0.4 is 0 Å². The first-order chi connectivity index (χ1) is 13.5. The van der Waals surface area contributed by atoms with Crippen LogP contribution in [0.5, 0.6) is 11.5 Å². The van der Waals surface area contributed by atoms with Crippen LogP contribution in [0, 0.1) is 0 Å². The number of halogens is 4. The smallest absolute Gasteiger partial charge is 0.283 e. The molecule has 0 bridgehead atoms. The number of benzene rings is 3. The molecule has 0 amide bonds. The fourth-order valence-corrected chi connectivity index (χ4v) is 5.61. The molecule has 5 nitrogen and oxygen atoms in total. The molecule has 3 aromatic carbocycles. The van der Waals surface area contributed by atoms with Crippen LogP contribution in [-0.4, -0.2) is 23.2 Å². The van der Waals surface area contributed by atoms with Crippen molar-refractivity contribution >= 4 is 56.5 Å². The van der Waals surface area contributed by atoms with Crippen molar-refractivity contribution in [1.29, 1.82) is 0 Å². The molecule has 152 valence electrons. The van der Waals surface area contributed by atoms with Gasteiger partial charge in [0.25, 0.3) is 10.1 Å². The second-order valence-electron chi connectivity index (χ2n) is 6.06. The van der Waals surface area contributed by atoms with Crippen molar-refractivity contribution in [1.82, 2.24) is 0 Å². The summed E-state index contributed by atoms with van der Waals surface area (Å²) in [7, 11) is -5.14. The Morgan fingerprint density at radius 2 is 1.38 bits per heavy atom. The van der Waals surface area contributed by atoms with E-state index in [1.807, 2.05) is 0 Å². The molecule has 0 saturated heterocycles. The quantitative estimate of drug-likeness (QED) is 0.182. The third kappa shape index (κ3) is 3.54. The Hall–Kier alpha value is -1.67. The third-order valence-corrected chi connectivity index (χ3v) is 7.47. The number of aromatic hydroxyl groups is 2. The Morgan fingerprint density at radius 3 is 2.00 bits per heavy atom. The lowest BCUT2D eigenvalue weighted by atomic mass is 9.83. The normalized spacial score (nSPS) is 13.8. The van der Waals surface area contributed by atoms with Crippen LogP contribution in [0.25, 0.3) is 0 Å². The van der Waals surface area contributed by atoms with E-state index >= 15 is 0 Å². The first kappa shape index (κ1) is 22.0. The fraction of sp³-hybridized carbons (Fsp3) is 0.0526. The highest BCUT2D eigenvalue weighted by Crippen LogP contribution is 2.53. The summed E-state index contributed by atoms with van der Waals surface area (Å²) in [5, 5.41) is 20.1. The molecule has 0 spiro atoms. The van der Waals surface area contributed by atoms with Crippen molar-refractivity contribution in [2.75, 3.05) is 0 Å². The molecule has 0 heterocycles. The molecule has 0 aliphatic carbocycles. The van der Waals surface area contributed by atoms with Crippen molar-refractivity contribution in [3.63, 3.8) is 0 Å². The molecule has 0 radical (unpaired) electrons. The SMILES string of the molecule is O=S(=O)(O)C(c1cc(O)ccc1O)(c1ccccc1Cl)c1ccc(Cl)c(Cl)c1Cl. The van der Waals surface area contributed by atoms with Gasteiger partial charge in [-0.15, -0.1) is 0 Å². The summed E-state index contributed by atoms with van der Waals surface area (Å²) in [6.45, 7) is 0. The maximum atomic E-state index is 13.0. The third-order valence-electron chi connectivity index (χ3n) is 4.41. The molecule has 1 unspecified atom stereocenters. The predicted octanol–water partition coefficient (Wildman–Crippen LogP) is 5.89.